The molecule has 0 radical (unpaired) electrons. The van der Waals surface area contributed by atoms with Crippen molar-refractivity contribution in [1.82, 2.24) is 19.9 Å². The molecule has 0 bridgehead atoms. The monoisotopic (exact) mass is 320 g/mol. The van der Waals surface area contributed by atoms with E-state index < -0.39 is 11.8 Å². The number of para-hydroxylation sites is 1. The molecule has 0 amide bonds. The Morgan fingerprint density at radius 1 is 1.35 bits per heavy atom. The number of hydrogen-bond acceptors (Lipinski definition) is 6. The zero-order valence-electron chi connectivity index (χ0n) is 12.7. The number of halogens is 1. The normalized spacial score (nSPS) is 15.6. The molecule has 1 fully saturated rings. The third kappa shape index (κ3) is 3.22. The number of ether oxygens (including phenoxy) is 2. The van der Waals surface area contributed by atoms with E-state index in [0.29, 0.717) is 25.5 Å². The van der Waals surface area contributed by atoms with E-state index >= 15 is 0 Å². The summed E-state index contributed by atoms with van der Waals surface area (Å²) in [7, 11) is 1.28. The van der Waals surface area contributed by atoms with Gasteiger partial charge in [-0.1, -0.05) is 17.3 Å². The van der Waals surface area contributed by atoms with Crippen LogP contribution in [0.2, 0.25) is 0 Å². The second-order valence-corrected chi connectivity index (χ2v) is 5.13. The maximum Gasteiger partial charge on any atom is 0.360 e. The van der Waals surface area contributed by atoms with Crippen LogP contribution in [0.1, 0.15) is 16.2 Å². The van der Waals surface area contributed by atoms with Gasteiger partial charge in [-0.2, -0.15) is 0 Å². The summed E-state index contributed by atoms with van der Waals surface area (Å²) in [6.07, 6.45) is 0. The molecule has 8 heteroatoms. The van der Waals surface area contributed by atoms with Gasteiger partial charge in [-0.05, 0) is 12.1 Å². The van der Waals surface area contributed by atoms with E-state index in [4.69, 9.17) is 9.47 Å². The smallest absolute Gasteiger partial charge is 0.360 e. The molecular formula is C15H17FN4O3. The van der Waals surface area contributed by atoms with Gasteiger partial charge >= 0.3 is 5.97 Å². The fourth-order valence-electron chi connectivity index (χ4n) is 2.49. The summed E-state index contributed by atoms with van der Waals surface area (Å²) in [6, 6.07) is 6.23. The number of carbonyl (C=O) groups is 1. The fourth-order valence-corrected chi connectivity index (χ4v) is 2.49. The summed E-state index contributed by atoms with van der Waals surface area (Å²) in [5.74, 6) is -1.02. The maximum absolute atomic E-state index is 14.1. The first-order valence-corrected chi connectivity index (χ1v) is 7.28. The van der Waals surface area contributed by atoms with Crippen LogP contribution in [0.3, 0.4) is 0 Å². The van der Waals surface area contributed by atoms with Gasteiger partial charge in [0.25, 0.3) is 0 Å². The van der Waals surface area contributed by atoms with Crippen LogP contribution in [0, 0.1) is 5.82 Å². The number of carbonyl (C=O) groups excluding carboxylic acids is 1. The molecule has 1 aliphatic rings. The highest BCUT2D eigenvalue weighted by Gasteiger charge is 2.25. The summed E-state index contributed by atoms with van der Waals surface area (Å²) >= 11 is 0. The number of morpholine rings is 1. The Kier molecular flexibility index (Phi) is 4.63. The molecule has 0 atom stereocenters. The first kappa shape index (κ1) is 15.6. The number of methoxy groups -OCH3 is 1. The van der Waals surface area contributed by atoms with Crippen molar-refractivity contribution in [3.05, 3.63) is 41.5 Å². The van der Waals surface area contributed by atoms with Gasteiger partial charge in [0.2, 0.25) is 0 Å². The van der Waals surface area contributed by atoms with Gasteiger partial charge in [-0.25, -0.2) is 13.9 Å². The van der Waals surface area contributed by atoms with Crippen LogP contribution in [0.4, 0.5) is 4.39 Å². The van der Waals surface area contributed by atoms with Gasteiger partial charge in [0, 0.05) is 19.6 Å². The highest BCUT2D eigenvalue weighted by atomic mass is 19.1. The van der Waals surface area contributed by atoms with Crippen LogP contribution in [-0.4, -0.2) is 59.3 Å². The Balaban J connectivity index is 2.00. The van der Waals surface area contributed by atoms with Gasteiger partial charge in [0.1, 0.15) is 11.5 Å². The number of rotatable bonds is 4. The lowest BCUT2D eigenvalue weighted by molar-refractivity contribution is 0.0329. The van der Waals surface area contributed by atoms with Crippen molar-refractivity contribution >= 4 is 5.97 Å². The van der Waals surface area contributed by atoms with Crippen LogP contribution in [0.15, 0.2) is 24.3 Å². The first-order valence-electron chi connectivity index (χ1n) is 7.28. The van der Waals surface area contributed by atoms with Crippen LogP contribution < -0.4 is 0 Å². The predicted molar refractivity (Wildman–Crippen MR) is 78.8 cm³/mol. The Labute approximate surface area is 132 Å². The summed E-state index contributed by atoms with van der Waals surface area (Å²) in [6.45, 7) is 3.10. The van der Waals surface area contributed by atoms with Crippen molar-refractivity contribution in [2.45, 2.75) is 6.54 Å². The topological polar surface area (TPSA) is 69.5 Å². The number of esters is 1. The van der Waals surface area contributed by atoms with E-state index in [1.54, 1.807) is 18.2 Å². The molecule has 2 aromatic rings. The molecule has 1 aromatic heterocycles. The quantitative estimate of drug-likeness (QED) is 0.784. The van der Waals surface area contributed by atoms with Gasteiger partial charge < -0.3 is 9.47 Å². The number of nitrogens with zero attached hydrogens (tertiary/aromatic N) is 4. The molecule has 3 rings (SSSR count). The predicted octanol–water partition coefficient (Wildman–Crippen LogP) is 1.03. The molecule has 1 aliphatic heterocycles. The lowest BCUT2D eigenvalue weighted by atomic mass is 10.2. The van der Waals surface area contributed by atoms with E-state index in [-0.39, 0.29) is 11.4 Å². The second kappa shape index (κ2) is 6.84. The molecule has 7 nitrogen and oxygen atoms in total. The SMILES string of the molecule is COC(=O)c1nnn(-c2ccccc2F)c1CN1CCOCC1. The van der Waals surface area contributed by atoms with Crippen LogP contribution in [0.5, 0.6) is 0 Å². The van der Waals surface area contributed by atoms with Crippen LogP contribution in [-0.2, 0) is 16.0 Å². The molecule has 0 spiro atoms. The Morgan fingerprint density at radius 2 is 2.09 bits per heavy atom. The number of benzene rings is 1. The van der Waals surface area contributed by atoms with Gasteiger partial charge in [0.15, 0.2) is 5.69 Å². The van der Waals surface area contributed by atoms with E-state index in [1.165, 1.54) is 17.9 Å². The minimum atomic E-state index is -0.587. The van der Waals surface area contributed by atoms with Gasteiger partial charge in [0.05, 0.1) is 26.0 Å². The summed E-state index contributed by atoms with van der Waals surface area (Å²) in [5.41, 5.74) is 0.851. The third-order valence-corrected chi connectivity index (χ3v) is 3.70. The average molecular weight is 320 g/mol. The Bertz CT molecular complexity index is 698. The number of aromatic nitrogens is 3. The molecule has 0 aliphatic carbocycles. The van der Waals surface area contributed by atoms with Crippen LogP contribution in [0.25, 0.3) is 5.69 Å². The fraction of sp³-hybridized carbons (Fsp3) is 0.400. The Morgan fingerprint density at radius 3 is 2.78 bits per heavy atom. The van der Waals surface area contributed by atoms with Crippen molar-refractivity contribution < 1.29 is 18.7 Å². The molecule has 1 aromatic carbocycles. The van der Waals surface area contributed by atoms with Gasteiger partial charge in [-0.3, -0.25) is 4.90 Å². The second-order valence-electron chi connectivity index (χ2n) is 5.13. The van der Waals surface area contributed by atoms with Crippen molar-refractivity contribution in [2.75, 3.05) is 33.4 Å². The van der Waals surface area contributed by atoms with Crippen molar-refractivity contribution in [3.63, 3.8) is 0 Å². The third-order valence-electron chi connectivity index (χ3n) is 3.70. The van der Waals surface area contributed by atoms with E-state index in [9.17, 15) is 9.18 Å². The highest BCUT2D eigenvalue weighted by Crippen LogP contribution is 2.19. The zero-order valence-corrected chi connectivity index (χ0v) is 12.7. The van der Waals surface area contributed by atoms with E-state index in [0.717, 1.165) is 13.1 Å². The zero-order chi connectivity index (χ0) is 16.2. The molecule has 1 saturated heterocycles. The standard InChI is InChI=1S/C15H17FN4O3/c1-22-15(21)14-13(10-19-6-8-23-9-7-19)20(18-17-14)12-5-3-2-4-11(12)16/h2-5H,6-10H2,1H3. The summed E-state index contributed by atoms with van der Waals surface area (Å²) in [5, 5.41) is 7.83. The minimum absolute atomic E-state index is 0.0993. The van der Waals surface area contributed by atoms with E-state index in [1.807, 2.05) is 0 Å². The Hall–Kier alpha value is -2.32. The molecule has 0 N–H and O–H groups in total. The van der Waals surface area contributed by atoms with Gasteiger partial charge in [-0.15, -0.1) is 5.10 Å². The molecule has 2 heterocycles. The summed E-state index contributed by atoms with van der Waals surface area (Å²) < 4.78 is 25.5. The maximum atomic E-state index is 14.1. The highest BCUT2D eigenvalue weighted by molar-refractivity contribution is 5.88. The molecule has 122 valence electrons. The van der Waals surface area contributed by atoms with Crippen molar-refractivity contribution in [2.24, 2.45) is 0 Å². The van der Waals surface area contributed by atoms with Crippen molar-refractivity contribution in [3.8, 4) is 5.69 Å². The number of hydrogen-bond donors (Lipinski definition) is 0. The molecule has 23 heavy (non-hydrogen) atoms. The van der Waals surface area contributed by atoms with Crippen LogP contribution >= 0.6 is 0 Å². The molecule has 0 saturated carbocycles. The lowest BCUT2D eigenvalue weighted by Crippen LogP contribution is -2.36. The van der Waals surface area contributed by atoms with E-state index in [2.05, 4.69) is 15.2 Å². The molecular weight excluding hydrogens is 303 g/mol. The molecule has 0 unspecified atom stereocenters. The summed E-state index contributed by atoms with van der Waals surface area (Å²) in [4.78, 5) is 14.0. The first-order chi connectivity index (χ1) is 11.2. The lowest BCUT2D eigenvalue weighted by Gasteiger charge is -2.26. The van der Waals surface area contributed by atoms with Crippen molar-refractivity contribution in [1.29, 1.82) is 0 Å². The minimum Gasteiger partial charge on any atom is -0.464 e. The average Bonchev–Trinajstić information content (AvgIpc) is 2.99. The largest absolute Gasteiger partial charge is 0.464 e.